The van der Waals surface area contributed by atoms with E-state index in [0.29, 0.717) is 22.2 Å². The van der Waals surface area contributed by atoms with Gasteiger partial charge >= 0.3 is 0 Å². The average Bonchev–Trinajstić information content (AvgIpc) is 3.06. The number of anilines is 1. The van der Waals surface area contributed by atoms with Gasteiger partial charge in [0, 0.05) is 5.02 Å². The van der Waals surface area contributed by atoms with E-state index in [-0.39, 0.29) is 11.7 Å². The molecule has 0 saturated carbocycles. The second-order valence-corrected chi connectivity index (χ2v) is 5.42. The van der Waals surface area contributed by atoms with Gasteiger partial charge < -0.3 is 14.5 Å². The quantitative estimate of drug-likeness (QED) is 0.708. The monoisotopic (exact) mass is 327 g/mol. The lowest BCUT2D eigenvalue weighted by atomic mass is 10.2. The fourth-order valence-corrected chi connectivity index (χ4v) is 2.19. The Bertz CT molecular complexity index is 811. The lowest BCUT2D eigenvalue weighted by Gasteiger charge is -2.12. The van der Waals surface area contributed by atoms with Crippen LogP contribution in [0.2, 0.25) is 5.02 Å². The van der Waals surface area contributed by atoms with Crippen LogP contribution >= 0.6 is 11.6 Å². The zero-order chi connectivity index (χ0) is 16.2. The molecule has 1 amide bonds. The van der Waals surface area contributed by atoms with E-state index in [1.807, 2.05) is 31.2 Å². The minimum atomic E-state index is -0.369. The molecule has 0 unspecified atom stereocenters. The Balaban J connectivity index is 1.85. The third kappa shape index (κ3) is 3.73. The van der Waals surface area contributed by atoms with Crippen LogP contribution in [0.4, 0.5) is 5.69 Å². The summed E-state index contributed by atoms with van der Waals surface area (Å²) in [7, 11) is 0. The van der Waals surface area contributed by atoms with Crippen molar-refractivity contribution in [3.63, 3.8) is 0 Å². The van der Waals surface area contributed by atoms with E-state index >= 15 is 0 Å². The lowest BCUT2D eigenvalue weighted by Crippen LogP contribution is -2.11. The van der Waals surface area contributed by atoms with Gasteiger partial charge in [-0.2, -0.15) is 0 Å². The Kier molecular flexibility index (Phi) is 4.35. The first kappa shape index (κ1) is 15.2. The van der Waals surface area contributed by atoms with Gasteiger partial charge in [0.25, 0.3) is 5.91 Å². The van der Waals surface area contributed by atoms with Crippen LogP contribution in [-0.2, 0) is 0 Å². The summed E-state index contributed by atoms with van der Waals surface area (Å²) >= 11 is 6.02. The largest absolute Gasteiger partial charge is 0.459 e. The first-order valence-electron chi connectivity index (χ1n) is 7.01. The van der Waals surface area contributed by atoms with Gasteiger partial charge in [0.05, 0.1) is 12.0 Å². The van der Waals surface area contributed by atoms with Crippen molar-refractivity contribution in [1.29, 1.82) is 0 Å². The Morgan fingerprint density at radius 2 is 1.91 bits per heavy atom. The van der Waals surface area contributed by atoms with Crippen molar-refractivity contribution in [2.24, 2.45) is 0 Å². The molecule has 0 atom stereocenters. The van der Waals surface area contributed by atoms with Crippen molar-refractivity contribution in [1.82, 2.24) is 0 Å². The molecule has 1 N–H and O–H groups in total. The number of carbonyl (C=O) groups excluding carboxylic acids is 1. The standard InChI is InChI=1S/C18H14ClNO3/c1-12-4-7-14(8-5-12)23-16-9-6-13(19)11-15(16)20-18(21)17-3-2-10-22-17/h2-11H,1H3,(H,20,21). The first-order valence-corrected chi connectivity index (χ1v) is 7.38. The molecule has 0 spiro atoms. The summed E-state index contributed by atoms with van der Waals surface area (Å²) < 4.78 is 10.9. The number of carbonyl (C=O) groups is 1. The Hall–Kier alpha value is -2.72. The van der Waals surface area contributed by atoms with E-state index in [0.717, 1.165) is 5.56 Å². The zero-order valence-corrected chi connectivity index (χ0v) is 13.1. The van der Waals surface area contributed by atoms with Crippen LogP contribution in [0.25, 0.3) is 0 Å². The number of furan rings is 1. The summed E-state index contributed by atoms with van der Waals surface area (Å²) in [6.07, 6.45) is 1.44. The van der Waals surface area contributed by atoms with Gasteiger partial charge in [0.1, 0.15) is 5.75 Å². The normalized spacial score (nSPS) is 10.3. The number of amides is 1. The molecule has 2 aromatic carbocycles. The molecule has 0 aliphatic heterocycles. The molecule has 4 nitrogen and oxygen atoms in total. The molecule has 1 heterocycles. The second kappa shape index (κ2) is 6.58. The Morgan fingerprint density at radius 3 is 2.61 bits per heavy atom. The SMILES string of the molecule is Cc1ccc(Oc2ccc(Cl)cc2NC(=O)c2ccco2)cc1. The van der Waals surface area contributed by atoms with Crippen LogP contribution in [0.15, 0.2) is 65.3 Å². The summed E-state index contributed by atoms with van der Waals surface area (Å²) in [4.78, 5) is 12.1. The second-order valence-electron chi connectivity index (χ2n) is 4.99. The summed E-state index contributed by atoms with van der Waals surface area (Å²) in [6, 6.07) is 15.9. The third-order valence-corrected chi connectivity index (χ3v) is 3.42. The van der Waals surface area contributed by atoms with Crippen molar-refractivity contribution in [3.05, 3.63) is 77.2 Å². The van der Waals surface area contributed by atoms with Crippen LogP contribution in [0.1, 0.15) is 16.1 Å². The highest BCUT2D eigenvalue weighted by Crippen LogP contribution is 2.32. The third-order valence-electron chi connectivity index (χ3n) is 3.18. The predicted molar refractivity (Wildman–Crippen MR) is 89.4 cm³/mol. The Morgan fingerprint density at radius 1 is 1.13 bits per heavy atom. The molecule has 1 aromatic heterocycles. The van der Waals surface area contributed by atoms with Crippen molar-refractivity contribution < 1.29 is 13.9 Å². The highest BCUT2D eigenvalue weighted by molar-refractivity contribution is 6.31. The smallest absolute Gasteiger partial charge is 0.291 e. The minimum absolute atomic E-state index is 0.214. The summed E-state index contributed by atoms with van der Waals surface area (Å²) in [5.74, 6) is 1.02. The van der Waals surface area contributed by atoms with E-state index in [9.17, 15) is 4.79 Å². The van der Waals surface area contributed by atoms with Crippen LogP contribution in [-0.4, -0.2) is 5.91 Å². The van der Waals surface area contributed by atoms with Gasteiger partial charge in [-0.3, -0.25) is 4.79 Å². The van der Waals surface area contributed by atoms with Crippen molar-refractivity contribution in [2.45, 2.75) is 6.92 Å². The maximum atomic E-state index is 12.1. The number of aryl methyl sites for hydroxylation is 1. The number of hydrogen-bond acceptors (Lipinski definition) is 3. The highest BCUT2D eigenvalue weighted by atomic mass is 35.5. The number of nitrogens with one attached hydrogen (secondary N) is 1. The first-order chi connectivity index (χ1) is 11.1. The molecule has 0 aliphatic carbocycles. The van der Waals surface area contributed by atoms with Crippen molar-refractivity contribution >= 4 is 23.2 Å². The molecule has 116 valence electrons. The van der Waals surface area contributed by atoms with Crippen LogP contribution in [0.5, 0.6) is 11.5 Å². The van der Waals surface area contributed by atoms with Gasteiger partial charge in [-0.25, -0.2) is 0 Å². The number of benzene rings is 2. The number of hydrogen-bond donors (Lipinski definition) is 1. The summed E-state index contributed by atoms with van der Waals surface area (Å²) in [6.45, 7) is 2.00. The number of ether oxygens (including phenoxy) is 1. The van der Waals surface area contributed by atoms with Crippen molar-refractivity contribution in [2.75, 3.05) is 5.32 Å². The maximum absolute atomic E-state index is 12.1. The van der Waals surface area contributed by atoms with Gasteiger partial charge in [-0.05, 0) is 49.4 Å². The molecular formula is C18H14ClNO3. The summed E-state index contributed by atoms with van der Waals surface area (Å²) in [5.41, 5.74) is 1.61. The molecule has 0 fully saturated rings. The van der Waals surface area contributed by atoms with Crippen LogP contribution < -0.4 is 10.1 Å². The van der Waals surface area contributed by atoms with Crippen LogP contribution in [0, 0.1) is 6.92 Å². The molecule has 0 saturated heterocycles. The molecule has 3 aromatic rings. The average molecular weight is 328 g/mol. The highest BCUT2D eigenvalue weighted by Gasteiger charge is 2.13. The Labute approximate surface area is 138 Å². The predicted octanol–water partition coefficient (Wildman–Crippen LogP) is 5.29. The number of halogens is 1. The van der Waals surface area contributed by atoms with Gasteiger partial charge in [0.2, 0.25) is 0 Å². The van der Waals surface area contributed by atoms with E-state index in [2.05, 4.69) is 5.32 Å². The molecule has 5 heteroatoms. The molecule has 0 aliphatic rings. The molecule has 23 heavy (non-hydrogen) atoms. The minimum Gasteiger partial charge on any atom is -0.459 e. The molecule has 3 rings (SSSR count). The van der Waals surface area contributed by atoms with E-state index in [1.165, 1.54) is 6.26 Å². The topological polar surface area (TPSA) is 51.5 Å². The van der Waals surface area contributed by atoms with E-state index in [1.54, 1.807) is 30.3 Å². The molecular weight excluding hydrogens is 314 g/mol. The van der Waals surface area contributed by atoms with E-state index in [4.69, 9.17) is 20.8 Å². The summed E-state index contributed by atoms with van der Waals surface area (Å²) in [5, 5.41) is 3.24. The lowest BCUT2D eigenvalue weighted by molar-refractivity contribution is 0.0996. The fourth-order valence-electron chi connectivity index (χ4n) is 2.01. The zero-order valence-electron chi connectivity index (χ0n) is 12.4. The van der Waals surface area contributed by atoms with Gasteiger partial charge in [-0.1, -0.05) is 29.3 Å². The maximum Gasteiger partial charge on any atom is 0.291 e. The fraction of sp³-hybridized carbons (Fsp3) is 0.0556. The van der Waals surface area contributed by atoms with E-state index < -0.39 is 0 Å². The van der Waals surface area contributed by atoms with Crippen molar-refractivity contribution in [3.8, 4) is 11.5 Å². The van der Waals surface area contributed by atoms with Crippen LogP contribution in [0.3, 0.4) is 0 Å². The van der Waals surface area contributed by atoms with Gasteiger partial charge in [-0.15, -0.1) is 0 Å². The number of rotatable bonds is 4. The molecule has 0 bridgehead atoms. The van der Waals surface area contributed by atoms with Gasteiger partial charge in [0.15, 0.2) is 11.5 Å². The molecule has 0 radical (unpaired) electrons.